The highest BCUT2D eigenvalue weighted by Crippen LogP contribution is 2.11. The van der Waals surface area contributed by atoms with Gasteiger partial charge in [0.2, 0.25) is 5.91 Å². The normalized spacial score (nSPS) is 11.3. The zero-order chi connectivity index (χ0) is 17.9. The number of esters is 1. The van der Waals surface area contributed by atoms with E-state index in [2.05, 4.69) is 15.0 Å². The lowest BCUT2D eigenvalue weighted by atomic mass is 10.1. The molecule has 0 unspecified atom stereocenters. The minimum absolute atomic E-state index is 0.0549. The van der Waals surface area contributed by atoms with E-state index in [-0.39, 0.29) is 24.4 Å². The minimum atomic E-state index is -1.12. The monoisotopic (exact) mass is 331 g/mol. The molecule has 1 heterocycles. The van der Waals surface area contributed by atoms with Crippen LogP contribution in [0.15, 0.2) is 29.3 Å². The summed E-state index contributed by atoms with van der Waals surface area (Å²) in [5, 5.41) is 3.11. The lowest BCUT2D eigenvalue weighted by Crippen LogP contribution is -2.50. The van der Waals surface area contributed by atoms with E-state index in [1.807, 2.05) is 13.0 Å². The van der Waals surface area contributed by atoms with Crippen molar-refractivity contribution in [3.63, 3.8) is 0 Å². The topological polar surface area (TPSA) is 90.3 Å². The van der Waals surface area contributed by atoms with Gasteiger partial charge in [-0.1, -0.05) is 12.1 Å². The zero-order valence-corrected chi connectivity index (χ0v) is 14.3. The Morgan fingerprint density at radius 1 is 1.33 bits per heavy atom. The summed E-state index contributed by atoms with van der Waals surface area (Å²) >= 11 is 0. The molecule has 1 amide bonds. The van der Waals surface area contributed by atoms with Crippen LogP contribution in [0.4, 0.5) is 0 Å². The van der Waals surface area contributed by atoms with Gasteiger partial charge in [-0.2, -0.15) is 0 Å². The number of amides is 1. The van der Waals surface area contributed by atoms with Crippen LogP contribution in [0.25, 0.3) is 10.9 Å². The Morgan fingerprint density at radius 2 is 2.04 bits per heavy atom. The smallest absolute Gasteiger partial charge is 0.330 e. The first-order valence-corrected chi connectivity index (χ1v) is 7.60. The van der Waals surface area contributed by atoms with Gasteiger partial charge in [-0.15, -0.1) is 0 Å². The summed E-state index contributed by atoms with van der Waals surface area (Å²) in [6.45, 7) is 5.19. The minimum Gasteiger partial charge on any atom is -0.467 e. The van der Waals surface area contributed by atoms with Gasteiger partial charge in [0.1, 0.15) is 5.54 Å². The number of ether oxygens (including phenoxy) is 1. The number of nitrogens with one attached hydrogen (secondary N) is 1. The molecular weight excluding hydrogens is 310 g/mol. The Bertz CT molecular complexity index is 839. The van der Waals surface area contributed by atoms with E-state index in [4.69, 9.17) is 0 Å². The quantitative estimate of drug-likeness (QED) is 0.831. The molecule has 0 aliphatic heterocycles. The third kappa shape index (κ3) is 3.61. The van der Waals surface area contributed by atoms with Crippen LogP contribution in [0.1, 0.15) is 25.8 Å². The molecule has 24 heavy (non-hydrogen) atoms. The third-order valence-corrected chi connectivity index (χ3v) is 3.78. The first kappa shape index (κ1) is 17.7. The van der Waals surface area contributed by atoms with Gasteiger partial charge < -0.3 is 10.1 Å². The second-order valence-corrected chi connectivity index (χ2v) is 6.13. The molecule has 1 aromatic heterocycles. The Balaban J connectivity index is 2.11. The summed E-state index contributed by atoms with van der Waals surface area (Å²) in [5.74, 6) is -0.877. The number of para-hydroxylation sites is 1. The SMILES string of the molecule is COC(=O)C(C)(C)NC(=O)CCn1cnc2c(C)cccc2c1=O. The molecule has 7 heteroatoms. The van der Waals surface area contributed by atoms with Crippen LogP contribution in [0.2, 0.25) is 0 Å². The number of rotatable bonds is 5. The number of fused-ring (bicyclic) bond motifs is 1. The number of aromatic nitrogens is 2. The molecule has 2 aromatic rings. The third-order valence-electron chi connectivity index (χ3n) is 3.78. The highest BCUT2D eigenvalue weighted by atomic mass is 16.5. The summed E-state index contributed by atoms with van der Waals surface area (Å²) in [7, 11) is 1.26. The second-order valence-electron chi connectivity index (χ2n) is 6.13. The van der Waals surface area contributed by atoms with Crippen molar-refractivity contribution in [1.29, 1.82) is 0 Å². The molecule has 0 bridgehead atoms. The number of carbonyl (C=O) groups excluding carboxylic acids is 2. The average molecular weight is 331 g/mol. The Kier molecular flexibility index (Phi) is 5.02. The first-order valence-electron chi connectivity index (χ1n) is 7.60. The van der Waals surface area contributed by atoms with Crippen molar-refractivity contribution in [2.75, 3.05) is 7.11 Å². The number of aryl methyl sites for hydroxylation is 2. The van der Waals surface area contributed by atoms with Crippen molar-refractivity contribution >= 4 is 22.8 Å². The summed E-state index contributed by atoms with van der Waals surface area (Å²) in [6, 6.07) is 5.41. The molecule has 1 N–H and O–H groups in total. The van der Waals surface area contributed by atoms with Crippen LogP contribution in [0.3, 0.4) is 0 Å². The standard InChI is InChI=1S/C17H21N3O4/c1-11-6-5-7-12-14(11)18-10-20(15(12)22)9-8-13(21)19-17(2,3)16(23)24-4/h5-7,10H,8-9H2,1-4H3,(H,19,21). The molecule has 2 rings (SSSR count). The van der Waals surface area contributed by atoms with Gasteiger partial charge in [0.25, 0.3) is 5.56 Å². The van der Waals surface area contributed by atoms with E-state index in [1.165, 1.54) is 18.0 Å². The lowest BCUT2D eigenvalue weighted by molar-refractivity contribution is -0.149. The van der Waals surface area contributed by atoms with E-state index >= 15 is 0 Å². The van der Waals surface area contributed by atoms with Gasteiger partial charge in [0.15, 0.2) is 0 Å². The van der Waals surface area contributed by atoms with Gasteiger partial charge in [0.05, 0.1) is 24.3 Å². The fourth-order valence-electron chi connectivity index (χ4n) is 2.44. The van der Waals surface area contributed by atoms with Crippen molar-refractivity contribution < 1.29 is 14.3 Å². The molecule has 1 aromatic carbocycles. The molecule has 0 saturated carbocycles. The molecule has 0 atom stereocenters. The molecule has 0 aliphatic rings. The fourth-order valence-corrected chi connectivity index (χ4v) is 2.44. The van der Waals surface area contributed by atoms with Gasteiger partial charge in [-0.3, -0.25) is 14.2 Å². The van der Waals surface area contributed by atoms with Crippen LogP contribution < -0.4 is 10.9 Å². The summed E-state index contributed by atoms with van der Waals surface area (Å²) in [6.07, 6.45) is 1.50. The molecule has 0 radical (unpaired) electrons. The van der Waals surface area contributed by atoms with Gasteiger partial charge >= 0.3 is 5.97 Å². The van der Waals surface area contributed by atoms with E-state index < -0.39 is 11.5 Å². The average Bonchev–Trinajstić information content (AvgIpc) is 2.53. The van der Waals surface area contributed by atoms with Gasteiger partial charge in [-0.05, 0) is 32.4 Å². The molecule has 128 valence electrons. The van der Waals surface area contributed by atoms with Crippen LogP contribution in [-0.4, -0.2) is 34.1 Å². The van der Waals surface area contributed by atoms with Crippen molar-refractivity contribution in [3.8, 4) is 0 Å². The van der Waals surface area contributed by atoms with Crippen molar-refractivity contribution in [2.24, 2.45) is 0 Å². The predicted molar refractivity (Wildman–Crippen MR) is 89.6 cm³/mol. The number of hydrogen-bond acceptors (Lipinski definition) is 5. The van der Waals surface area contributed by atoms with E-state index in [9.17, 15) is 14.4 Å². The van der Waals surface area contributed by atoms with Crippen molar-refractivity contribution in [2.45, 2.75) is 39.3 Å². The first-order chi connectivity index (χ1) is 11.3. The number of carbonyl (C=O) groups is 2. The van der Waals surface area contributed by atoms with Gasteiger partial charge in [0, 0.05) is 13.0 Å². The summed E-state index contributed by atoms with van der Waals surface area (Å²) in [4.78, 5) is 40.3. The highest BCUT2D eigenvalue weighted by molar-refractivity contribution is 5.87. The highest BCUT2D eigenvalue weighted by Gasteiger charge is 2.30. The molecule has 0 saturated heterocycles. The number of nitrogens with zero attached hydrogens (tertiary/aromatic N) is 2. The van der Waals surface area contributed by atoms with E-state index in [0.29, 0.717) is 10.9 Å². The Hall–Kier alpha value is -2.70. The van der Waals surface area contributed by atoms with Crippen molar-refractivity contribution in [3.05, 3.63) is 40.4 Å². The summed E-state index contributed by atoms with van der Waals surface area (Å²) in [5.41, 5.74) is 0.281. The van der Waals surface area contributed by atoms with E-state index in [0.717, 1.165) is 5.56 Å². The Labute approximate surface area is 139 Å². The molecule has 0 aliphatic carbocycles. The van der Waals surface area contributed by atoms with Crippen LogP contribution in [0, 0.1) is 6.92 Å². The molecule has 0 spiro atoms. The van der Waals surface area contributed by atoms with Crippen molar-refractivity contribution in [1.82, 2.24) is 14.9 Å². The number of methoxy groups -OCH3 is 1. The second kappa shape index (κ2) is 6.82. The van der Waals surface area contributed by atoms with Crippen LogP contribution in [0.5, 0.6) is 0 Å². The maximum absolute atomic E-state index is 12.5. The molecule has 7 nitrogen and oxygen atoms in total. The maximum Gasteiger partial charge on any atom is 0.330 e. The lowest BCUT2D eigenvalue weighted by Gasteiger charge is -2.23. The van der Waals surface area contributed by atoms with E-state index in [1.54, 1.807) is 26.0 Å². The molecular formula is C17H21N3O4. The van der Waals surface area contributed by atoms with Gasteiger partial charge in [-0.25, -0.2) is 9.78 Å². The van der Waals surface area contributed by atoms with Crippen LogP contribution in [-0.2, 0) is 20.9 Å². The Morgan fingerprint density at radius 3 is 2.71 bits per heavy atom. The predicted octanol–water partition coefficient (Wildman–Crippen LogP) is 1.16. The number of benzene rings is 1. The van der Waals surface area contributed by atoms with Crippen LogP contribution >= 0.6 is 0 Å². The molecule has 0 fully saturated rings. The summed E-state index contributed by atoms with van der Waals surface area (Å²) < 4.78 is 6.03. The fraction of sp³-hybridized carbons (Fsp3) is 0.412. The maximum atomic E-state index is 12.5. The largest absolute Gasteiger partial charge is 0.467 e. The zero-order valence-electron chi connectivity index (χ0n) is 14.3. The number of hydrogen-bond donors (Lipinski definition) is 1.